The second-order valence-electron chi connectivity index (χ2n) is 6.13. The van der Waals surface area contributed by atoms with Crippen molar-refractivity contribution in [3.05, 3.63) is 64.6 Å². The van der Waals surface area contributed by atoms with Crippen molar-refractivity contribution in [1.82, 2.24) is 20.3 Å². The van der Waals surface area contributed by atoms with E-state index in [1.165, 1.54) is 36.2 Å². The van der Waals surface area contributed by atoms with Crippen molar-refractivity contribution in [2.45, 2.75) is 25.3 Å². The average molecular weight is 446 g/mol. The van der Waals surface area contributed by atoms with E-state index in [2.05, 4.69) is 20.3 Å². The highest BCUT2D eigenvalue weighted by Gasteiger charge is 2.37. The predicted octanol–water partition coefficient (Wildman–Crippen LogP) is 5.13. The second kappa shape index (κ2) is 8.01. The Kier molecular flexibility index (Phi) is 5.79. The van der Waals surface area contributed by atoms with Crippen LogP contribution in [0, 0.1) is 0 Å². The lowest BCUT2D eigenvalue weighted by atomic mass is 10.0. The van der Waals surface area contributed by atoms with Gasteiger partial charge in [0.05, 0.1) is 33.3 Å². The molecule has 0 aliphatic rings. The Morgan fingerprint density at radius 3 is 2.07 bits per heavy atom. The number of thiazole rings is 1. The van der Waals surface area contributed by atoms with Crippen molar-refractivity contribution in [2.24, 2.45) is 0 Å². The summed E-state index contributed by atoms with van der Waals surface area (Å²) in [7, 11) is 0. The van der Waals surface area contributed by atoms with E-state index in [0.717, 1.165) is 0 Å². The standard InChI is InChI=1S/C18H12F6N4OS/c1-9(13-14(30-8-27-13)15-25-3-2-4-26-15)28-16(29)10-5-11(17(19,20)21)7-12(6-10)18(22,23)24/h2-9H,1H3,(H,28,29). The Bertz CT molecular complexity index is 1020. The molecule has 3 aromatic rings. The van der Waals surface area contributed by atoms with Gasteiger partial charge in [-0.25, -0.2) is 15.0 Å². The molecule has 0 radical (unpaired) electrons. The van der Waals surface area contributed by atoms with E-state index in [9.17, 15) is 31.1 Å². The van der Waals surface area contributed by atoms with E-state index in [-0.39, 0.29) is 6.07 Å². The van der Waals surface area contributed by atoms with Crippen molar-refractivity contribution < 1.29 is 31.1 Å². The minimum absolute atomic E-state index is 0.0362. The van der Waals surface area contributed by atoms with E-state index in [1.54, 1.807) is 6.07 Å². The molecule has 0 spiro atoms. The number of alkyl halides is 6. The quantitative estimate of drug-likeness (QED) is 0.565. The number of carbonyl (C=O) groups excluding carboxylic acids is 1. The molecule has 1 amide bonds. The normalized spacial score (nSPS) is 13.2. The lowest BCUT2D eigenvalue weighted by Crippen LogP contribution is -2.28. The number of amides is 1. The van der Waals surface area contributed by atoms with Crippen molar-refractivity contribution in [1.29, 1.82) is 0 Å². The molecule has 2 heterocycles. The molecule has 0 fully saturated rings. The van der Waals surface area contributed by atoms with E-state index < -0.39 is 41.0 Å². The molecule has 0 bridgehead atoms. The van der Waals surface area contributed by atoms with E-state index >= 15 is 0 Å². The summed E-state index contributed by atoms with van der Waals surface area (Å²) in [6.07, 6.45) is -7.10. The van der Waals surface area contributed by atoms with Crippen LogP contribution in [0.2, 0.25) is 0 Å². The Balaban J connectivity index is 1.91. The van der Waals surface area contributed by atoms with E-state index in [1.807, 2.05) is 0 Å². The average Bonchev–Trinajstić information content (AvgIpc) is 3.17. The van der Waals surface area contributed by atoms with Crippen molar-refractivity contribution >= 4 is 17.2 Å². The first-order valence-electron chi connectivity index (χ1n) is 8.28. The molecular weight excluding hydrogens is 434 g/mol. The lowest BCUT2D eigenvalue weighted by Gasteiger charge is -2.16. The van der Waals surface area contributed by atoms with Gasteiger partial charge in [0.1, 0.15) is 0 Å². The fourth-order valence-corrected chi connectivity index (χ4v) is 3.41. The molecule has 0 saturated carbocycles. The first-order valence-corrected chi connectivity index (χ1v) is 9.16. The van der Waals surface area contributed by atoms with Gasteiger partial charge in [-0.2, -0.15) is 26.3 Å². The minimum Gasteiger partial charge on any atom is -0.344 e. The molecule has 1 atom stereocenters. The molecule has 3 rings (SSSR count). The Morgan fingerprint density at radius 2 is 1.53 bits per heavy atom. The number of hydrogen-bond donors (Lipinski definition) is 1. The number of benzene rings is 1. The zero-order chi connectivity index (χ0) is 22.1. The maximum absolute atomic E-state index is 13.0. The van der Waals surface area contributed by atoms with Crippen LogP contribution in [0.4, 0.5) is 26.3 Å². The van der Waals surface area contributed by atoms with Crippen LogP contribution in [-0.4, -0.2) is 20.9 Å². The molecule has 12 heteroatoms. The molecule has 1 aromatic carbocycles. The van der Waals surface area contributed by atoms with Crippen molar-refractivity contribution in [2.75, 3.05) is 0 Å². The largest absolute Gasteiger partial charge is 0.416 e. The highest BCUT2D eigenvalue weighted by Crippen LogP contribution is 2.36. The number of nitrogens with zero attached hydrogens (tertiary/aromatic N) is 3. The highest BCUT2D eigenvalue weighted by atomic mass is 32.1. The number of rotatable bonds is 4. The number of halogens is 6. The van der Waals surface area contributed by atoms with Crippen molar-refractivity contribution in [3.63, 3.8) is 0 Å². The third-order valence-corrected chi connectivity index (χ3v) is 4.81. The molecule has 5 nitrogen and oxygen atoms in total. The van der Waals surface area contributed by atoms with Crippen LogP contribution >= 0.6 is 11.3 Å². The summed E-state index contributed by atoms with van der Waals surface area (Å²) in [6.45, 7) is 1.50. The molecule has 1 N–H and O–H groups in total. The SMILES string of the molecule is CC(NC(=O)c1cc(C(F)(F)F)cc(C(F)(F)F)c1)c1ncsc1-c1ncccn1. The van der Waals surface area contributed by atoms with Gasteiger partial charge in [-0.15, -0.1) is 11.3 Å². The molecular formula is C18H12F6N4OS. The van der Waals surface area contributed by atoms with Gasteiger partial charge in [0, 0.05) is 18.0 Å². The fraction of sp³-hybridized carbons (Fsp3) is 0.222. The summed E-state index contributed by atoms with van der Waals surface area (Å²) in [6, 6.07) is 1.48. The smallest absolute Gasteiger partial charge is 0.344 e. The maximum Gasteiger partial charge on any atom is 0.416 e. The zero-order valence-electron chi connectivity index (χ0n) is 15.0. The monoisotopic (exact) mass is 446 g/mol. The third kappa shape index (κ3) is 4.75. The summed E-state index contributed by atoms with van der Waals surface area (Å²) in [5.74, 6) is -0.776. The van der Waals surface area contributed by atoms with Crippen LogP contribution in [0.25, 0.3) is 10.7 Å². The van der Waals surface area contributed by atoms with Gasteiger partial charge in [0.2, 0.25) is 0 Å². The summed E-state index contributed by atoms with van der Waals surface area (Å²) in [4.78, 5) is 25.2. The van der Waals surface area contributed by atoms with Crippen LogP contribution in [0.5, 0.6) is 0 Å². The molecule has 0 saturated heterocycles. The number of hydrogen-bond acceptors (Lipinski definition) is 5. The third-order valence-electron chi connectivity index (χ3n) is 3.97. The van der Waals surface area contributed by atoms with Gasteiger partial charge in [-0.3, -0.25) is 4.79 Å². The first-order chi connectivity index (χ1) is 14.0. The summed E-state index contributed by atoms with van der Waals surface area (Å²) >= 11 is 1.18. The highest BCUT2D eigenvalue weighted by molar-refractivity contribution is 7.13. The lowest BCUT2D eigenvalue weighted by molar-refractivity contribution is -0.143. The van der Waals surface area contributed by atoms with Gasteiger partial charge in [-0.05, 0) is 31.2 Å². The number of nitrogens with one attached hydrogen (secondary N) is 1. The predicted molar refractivity (Wildman–Crippen MR) is 95.5 cm³/mol. The van der Waals surface area contributed by atoms with Gasteiger partial charge in [0.25, 0.3) is 5.91 Å². The Morgan fingerprint density at radius 1 is 0.967 bits per heavy atom. The maximum atomic E-state index is 13.0. The van der Waals surface area contributed by atoms with Crippen LogP contribution < -0.4 is 5.32 Å². The van der Waals surface area contributed by atoms with Gasteiger partial charge in [0.15, 0.2) is 5.82 Å². The minimum atomic E-state index is -5.05. The van der Waals surface area contributed by atoms with Crippen LogP contribution in [0.3, 0.4) is 0 Å². The zero-order valence-corrected chi connectivity index (χ0v) is 15.9. The van der Waals surface area contributed by atoms with E-state index in [0.29, 0.717) is 28.5 Å². The van der Waals surface area contributed by atoms with Crippen LogP contribution in [0.15, 0.2) is 42.2 Å². The first kappa shape index (κ1) is 21.7. The van der Waals surface area contributed by atoms with Crippen LogP contribution in [0.1, 0.15) is 40.1 Å². The summed E-state index contributed by atoms with van der Waals surface area (Å²) in [5, 5.41) is 2.38. The number of carbonyl (C=O) groups is 1. The van der Waals surface area contributed by atoms with Crippen molar-refractivity contribution in [3.8, 4) is 10.7 Å². The topological polar surface area (TPSA) is 67.8 Å². The molecule has 0 aliphatic carbocycles. The van der Waals surface area contributed by atoms with Crippen LogP contribution in [-0.2, 0) is 12.4 Å². The summed E-state index contributed by atoms with van der Waals surface area (Å²) in [5.41, 5.74) is -2.10. The molecule has 2 aromatic heterocycles. The Hall–Kier alpha value is -3.02. The molecule has 1 unspecified atom stereocenters. The second-order valence-corrected chi connectivity index (χ2v) is 6.98. The van der Waals surface area contributed by atoms with Gasteiger partial charge in [-0.1, -0.05) is 0 Å². The molecule has 158 valence electrons. The molecule has 30 heavy (non-hydrogen) atoms. The summed E-state index contributed by atoms with van der Waals surface area (Å²) < 4.78 is 78.0. The van der Waals surface area contributed by atoms with E-state index in [4.69, 9.17) is 0 Å². The van der Waals surface area contributed by atoms with Gasteiger partial charge >= 0.3 is 12.4 Å². The molecule has 0 aliphatic heterocycles. The van der Waals surface area contributed by atoms with Gasteiger partial charge < -0.3 is 5.32 Å². The fourth-order valence-electron chi connectivity index (χ4n) is 2.58. The number of aromatic nitrogens is 3. The Labute approximate surface area is 169 Å².